The number of aliphatic carboxylic acids is 2. The molecule has 2 N–H and O–H groups in total. The van der Waals surface area contributed by atoms with Crippen molar-refractivity contribution < 1.29 is 37.8 Å². The molecule has 2 aromatic carbocycles. The van der Waals surface area contributed by atoms with Crippen molar-refractivity contribution in [2.75, 3.05) is 0 Å². The second-order valence-electron chi connectivity index (χ2n) is 9.20. The molecule has 0 radical (unpaired) electrons. The van der Waals surface area contributed by atoms with Gasteiger partial charge in [-0.25, -0.2) is 4.79 Å². The fraction of sp³-hybridized carbons (Fsp3) is 0.464. The molecule has 1 amide bonds. The van der Waals surface area contributed by atoms with Crippen molar-refractivity contribution in [3.63, 3.8) is 0 Å². The van der Waals surface area contributed by atoms with Gasteiger partial charge in [0.2, 0.25) is 0 Å². The molecule has 9 heteroatoms. The van der Waals surface area contributed by atoms with Crippen molar-refractivity contribution in [1.29, 1.82) is 0 Å². The maximum atomic E-state index is 12.8. The summed E-state index contributed by atoms with van der Waals surface area (Å²) in [6.45, 7) is -0.0938. The van der Waals surface area contributed by atoms with E-state index in [0.717, 1.165) is 85.9 Å². The third-order valence-corrected chi connectivity index (χ3v) is 6.13. The Morgan fingerprint density at radius 3 is 1.54 bits per heavy atom. The van der Waals surface area contributed by atoms with Gasteiger partial charge in [-0.3, -0.25) is 9.59 Å². The van der Waals surface area contributed by atoms with Gasteiger partial charge >= 0.3 is 24.0 Å². The molecule has 2 aromatic rings. The molecule has 0 saturated heterocycles. The smallest absolute Gasteiger partial charge is 0.416 e. The van der Waals surface area contributed by atoms with Gasteiger partial charge in [-0.05, 0) is 48.1 Å². The molecule has 0 aromatic heterocycles. The van der Waals surface area contributed by atoms with Crippen molar-refractivity contribution >= 4 is 17.8 Å². The average molecular weight is 522 g/mol. The van der Waals surface area contributed by atoms with Gasteiger partial charge in [0.15, 0.2) is 0 Å². The van der Waals surface area contributed by atoms with Crippen LogP contribution >= 0.6 is 0 Å². The summed E-state index contributed by atoms with van der Waals surface area (Å²) in [7, 11) is 0. The Labute approximate surface area is 215 Å². The highest BCUT2D eigenvalue weighted by atomic mass is 19.4. The van der Waals surface area contributed by atoms with E-state index in [-0.39, 0.29) is 19.5 Å². The number of nitrogens with zero attached hydrogens (tertiary/aromatic N) is 1. The Bertz CT molecular complexity index is 1000. The number of amides is 1. The molecular weight excluding hydrogens is 487 g/mol. The van der Waals surface area contributed by atoms with E-state index in [1.807, 2.05) is 24.3 Å². The lowest BCUT2D eigenvalue weighted by atomic mass is 10.0. The number of halogens is 3. The van der Waals surface area contributed by atoms with Crippen molar-refractivity contribution in [3.8, 4) is 0 Å². The molecule has 0 atom stereocenters. The second-order valence-corrected chi connectivity index (χ2v) is 9.20. The zero-order valence-electron chi connectivity index (χ0n) is 20.8. The molecule has 6 nitrogen and oxygen atoms in total. The highest BCUT2D eigenvalue weighted by Gasteiger charge is 2.30. The van der Waals surface area contributed by atoms with Crippen molar-refractivity contribution in [2.24, 2.45) is 0 Å². The predicted molar refractivity (Wildman–Crippen MR) is 133 cm³/mol. The number of carboxylic acid groups (broad SMARTS) is 2. The lowest BCUT2D eigenvalue weighted by Gasteiger charge is -2.21. The fourth-order valence-corrected chi connectivity index (χ4v) is 4.05. The van der Waals surface area contributed by atoms with E-state index in [9.17, 15) is 32.7 Å². The zero-order chi connectivity index (χ0) is 27.3. The summed E-state index contributed by atoms with van der Waals surface area (Å²) in [6.07, 6.45) is 4.96. The van der Waals surface area contributed by atoms with Gasteiger partial charge in [-0.2, -0.15) is 13.2 Å². The largest absolute Gasteiger partial charge is 0.481 e. The summed E-state index contributed by atoms with van der Waals surface area (Å²) in [5.74, 6) is -3.48. The average Bonchev–Trinajstić information content (AvgIpc) is 2.84. The fourth-order valence-electron chi connectivity index (χ4n) is 4.05. The minimum Gasteiger partial charge on any atom is -0.481 e. The van der Waals surface area contributed by atoms with Gasteiger partial charge in [0.25, 0.3) is 0 Å². The van der Waals surface area contributed by atoms with Crippen molar-refractivity contribution in [1.82, 2.24) is 4.90 Å². The van der Waals surface area contributed by atoms with E-state index in [1.54, 1.807) is 0 Å². The summed E-state index contributed by atoms with van der Waals surface area (Å²) in [6, 6.07) is 11.9. The molecule has 202 valence electrons. The number of hydrogen-bond acceptors (Lipinski definition) is 3. The number of rotatable bonds is 15. The maximum Gasteiger partial charge on any atom is 0.416 e. The number of carbonyl (C=O) groups is 3. The van der Waals surface area contributed by atoms with Crippen LogP contribution in [0, 0.1) is 0 Å². The van der Waals surface area contributed by atoms with Crippen LogP contribution in [0.1, 0.15) is 80.0 Å². The summed E-state index contributed by atoms with van der Waals surface area (Å²) < 4.78 is 38.4. The number of benzene rings is 2. The van der Waals surface area contributed by atoms with Gasteiger partial charge in [0.05, 0.1) is 5.56 Å². The van der Waals surface area contributed by atoms with Crippen LogP contribution in [-0.2, 0) is 40.1 Å². The molecule has 0 aliphatic carbocycles. The Morgan fingerprint density at radius 2 is 1.08 bits per heavy atom. The molecule has 0 aliphatic rings. The first kappa shape index (κ1) is 29.9. The van der Waals surface area contributed by atoms with Crippen molar-refractivity contribution in [2.45, 2.75) is 83.5 Å². The summed E-state index contributed by atoms with van der Waals surface area (Å²) in [5, 5.41) is 17.8. The number of hydrogen-bond donors (Lipinski definition) is 2. The Balaban J connectivity index is 1.79. The maximum absolute atomic E-state index is 12.8. The second kappa shape index (κ2) is 15.0. The van der Waals surface area contributed by atoms with E-state index in [4.69, 9.17) is 5.11 Å². The van der Waals surface area contributed by atoms with Crippen LogP contribution in [0.3, 0.4) is 0 Å². The van der Waals surface area contributed by atoms with E-state index in [1.165, 1.54) is 12.1 Å². The van der Waals surface area contributed by atoms with E-state index >= 15 is 0 Å². The van der Waals surface area contributed by atoms with Crippen molar-refractivity contribution in [3.05, 3.63) is 70.8 Å². The highest BCUT2D eigenvalue weighted by Crippen LogP contribution is 2.29. The minimum absolute atomic E-state index is 0.0267. The van der Waals surface area contributed by atoms with Gasteiger partial charge in [-0.15, -0.1) is 0 Å². The van der Waals surface area contributed by atoms with E-state index in [2.05, 4.69) is 0 Å². The topological polar surface area (TPSA) is 94.9 Å². The summed E-state index contributed by atoms with van der Waals surface area (Å²) >= 11 is 0. The number of aryl methyl sites for hydroxylation is 1. The number of unbranched alkanes of at least 4 members (excludes halogenated alkanes) is 7. The number of alkyl halides is 3. The number of carbonyl (C=O) groups excluding carboxylic acids is 1. The van der Waals surface area contributed by atoms with Gasteiger partial charge < -0.3 is 15.1 Å². The zero-order valence-corrected chi connectivity index (χ0v) is 20.8. The molecule has 0 aliphatic heterocycles. The first-order valence-corrected chi connectivity index (χ1v) is 12.5. The van der Waals surface area contributed by atoms with Gasteiger partial charge in [0.1, 0.15) is 0 Å². The van der Waals surface area contributed by atoms with Crippen LogP contribution in [0.25, 0.3) is 0 Å². The Kier molecular flexibility index (Phi) is 12.1. The Hall–Kier alpha value is -3.36. The number of carboxylic acids is 2. The van der Waals surface area contributed by atoms with Crippen LogP contribution in [0.15, 0.2) is 48.5 Å². The molecule has 0 fully saturated rings. The normalized spacial score (nSPS) is 11.3. The van der Waals surface area contributed by atoms with Crippen LogP contribution in [0.4, 0.5) is 13.2 Å². The van der Waals surface area contributed by atoms with Crippen LogP contribution in [0.5, 0.6) is 0 Å². The molecule has 0 bridgehead atoms. The third-order valence-electron chi connectivity index (χ3n) is 6.13. The minimum atomic E-state index is -4.47. The van der Waals surface area contributed by atoms with E-state index < -0.39 is 29.6 Å². The quantitative estimate of drug-likeness (QED) is 0.207. The summed E-state index contributed by atoms with van der Waals surface area (Å²) in [4.78, 5) is 35.1. The molecule has 37 heavy (non-hydrogen) atoms. The molecule has 2 rings (SSSR count). The molecule has 0 heterocycles. The first-order valence-electron chi connectivity index (χ1n) is 12.5. The molecule has 0 saturated carbocycles. The highest BCUT2D eigenvalue weighted by molar-refractivity contribution is 6.31. The third kappa shape index (κ3) is 11.5. The van der Waals surface area contributed by atoms with Crippen LogP contribution < -0.4 is 0 Å². The standard InChI is InChI=1S/C28H34F3NO5/c29-28(30,31)24-17-15-23(16-18-24)20-32(26(35)27(36)37)19-22-13-11-21(12-14-22)9-7-5-3-1-2-4-6-8-10-25(33)34/h11-18H,1-10,19-20H2,(H,33,34)(H,36,37). The molecule has 0 spiro atoms. The van der Waals surface area contributed by atoms with E-state index in [0.29, 0.717) is 5.56 Å². The SMILES string of the molecule is O=C(O)CCCCCCCCCCc1ccc(CN(Cc2ccc(C(F)(F)F)cc2)C(=O)C(=O)O)cc1. The predicted octanol–water partition coefficient (Wildman–Crippen LogP) is 6.46. The summed E-state index contributed by atoms with van der Waals surface area (Å²) in [5.41, 5.74) is 1.46. The van der Waals surface area contributed by atoms with Gasteiger partial charge in [-0.1, -0.05) is 74.9 Å². The lowest BCUT2D eigenvalue weighted by Crippen LogP contribution is -2.35. The first-order chi connectivity index (χ1) is 17.6. The van der Waals surface area contributed by atoms with Crippen LogP contribution in [0.2, 0.25) is 0 Å². The van der Waals surface area contributed by atoms with Gasteiger partial charge in [0, 0.05) is 19.5 Å². The lowest BCUT2D eigenvalue weighted by molar-refractivity contribution is -0.156. The monoisotopic (exact) mass is 521 g/mol. The van der Waals surface area contributed by atoms with Crippen LogP contribution in [-0.4, -0.2) is 33.0 Å². The Morgan fingerprint density at radius 1 is 0.649 bits per heavy atom. The molecular formula is C28H34F3NO5. The molecule has 0 unspecified atom stereocenters.